The van der Waals surface area contributed by atoms with Crippen molar-refractivity contribution in [3.8, 4) is 5.82 Å². The van der Waals surface area contributed by atoms with E-state index in [-0.39, 0.29) is 36.0 Å². The van der Waals surface area contributed by atoms with E-state index in [1.165, 1.54) is 11.0 Å². The maximum atomic E-state index is 13.5. The molecule has 6 heterocycles. The Morgan fingerprint density at radius 3 is 2.62 bits per heavy atom. The van der Waals surface area contributed by atoms with E-state index >= 15 is 0 Å². The predicted molar refractivity (Wildman–Crippen MR) is 115 cm³/mol. The summed E-state index contributed by atoms with van der Waals surface area (Å²) in [7, 11) is 0. The molecule has 2 aromatic rings. The van der Waals surface area contributed by atoms with Crippen molar-refractivity contribution in [1.82, 2.24) is 40.2 Å². The molecule has 12 heteroatoms. The summed E-state index contributed by atoms with van der Waals surface area (Å²) in [5, 5.41) is 30.1. The monoisotopic (exact) mass is 466 g/mol. The normalized spacial score (nSPS) is 30.0. The number of tetrazole rings is 1. The van der Waals surface area contributed by atoms with Crippen molar-refractivity contribution in [2.45, 2.75) is 57.2 Å². The summed E-state index contributed by atoms with van der Waals surface area (Å²) in [4.78, 5) is 29.5. The molecule has 0 aliphatic carbocycles. The highest BCUT2D eigenvalue weighted by Crippen LogP contribution is 2.52. The molecule has 4 aliphatic heterocycles. The van der Waals surface area contributed by atoms with E-state index in [0.29, 0.717) is 30.2 Å². The number of ether oxygens (including phenoxy) is 1. The summed E-state index contributed by atoms with van der Waals surface area (Å²) in [5.41, 5.74) is 1.37. The molecule has 12 nitrogen and oxygen atoms in total. The lowest BCUT2D eigenvalue weighted by atomic mass is 9.73. The molecule has 0 radical (unpaired) electrons. The van der Waals surface area contributed by atoms with Crippen LogP contribution in [0, 0.1) is 5.41 Å². The van der Waals surface area contributed by atoms with Crippen LogP contribution in [0.5, 0.6) is 0 Å². The standard InChI is InChI=1S/C22H26N8O4/c1-13-17(11-34-20(13)32)28-7-6-22(21(28)33)8-14-2-3-15(9-22)29(14)10-18(31)16-4-5-19(25-24-16)30-12-23-26-27-30/h4-5,12,14-15,18,31H,2-3,6-11H2,1H3/t14?,15?,18-,22?/m1/s1. The number of aliphatic hydroxyl groups excluding tert-OH is 1. The highest BCUT2D eigenvalue weighted by Gasteiger charge is 2.56. The number of carbonyl (C=O) groups excluding carboxylic acids is 2. The SMILES string of the molecule is CC1=C(N2CCC3(CC4CCC(C3)N4C[C@@H](O)c3ccc(-n4cnnn4)nn3)C2=O)COC1=O. The zero-order valence-corrected chi connectivity index (χ0v) is 18.9. The summed E-state index contributed by atoms with van der Waals surface area (Å²) in [6.45, 7) is 3.00. The highest BCUT2D eigenvalue weighted by molar-refractivity contribution is 5.94. The van der Waals surface area contributed by atoms with Crippen LogP contribution in [0.25, 0.3) is 5.82 Å². The zero-order chi connectivity index (χ0) is 23.4. The molecule has 2 bridgehead atoms. The van der Waals surface area contributed by atoms with Crippen molar-refractivity contribution >= 4 is 11.9 Å². The van der Waals surface area contributed by atoms with Gasteiger partial charge in [0.1, 0.15) is 19.0 Å². The van der Waals surface area contributed by atoms with Crippen LogP contribution < -0.4 is 0 Å². The van der Waals surface area contributed by atoms with Gasteiger partial charge >= 0.3 is 5.97 Å². The minimum absolute atomic E-state index is 0.126. The van der Waals surface area contributed by atoms with Gasteiger partial charge in [-0.25, -0.2) is 4.79 Å². The average molecular weight is 467 g/mol. The summed E-state index contributed by atoms with van der Waals surface area (Å²) in [5.74, 6) is 0.271. The summed E-state index contributed by atoms with van der Waals surface area (Å²) >= 11 is 0. The summed E-state index contributed by atoms with van der Waals surface area (Å²) in [6.07, 6.45) is 5.02. The van der Waals surface area contributed by atoms with Gasteiger partial charge in [0, 0.05) is 25.2 Å². The van der Waals surface area contributed by atoms with Crippen LogP contribution in [0.15, 0.2) is 29.7 Å². The molecule has 3 atom stereocenters. The fourth-order valence-electron chi connectivity index (χ4n) is 6.14. The van der Waals surface area contributed by atoms with Gasteiger partial charge in [-0.3, -0.25) is 9.69 Å². The molecule has 6 rings (SSSR count). The Morgan fingerprint density at radius 2 is 2.00 bits per heavy atom. The van der Waals surface area contributed by atoms with Crippen molar-refractivity contribution in [2.24, 2.45) is 5.41 Å². The first-order valence-corrected chi connectivity index (χ1v) is 11.6. The molecule has 1 N–H and O–H groups in total. The van der Waals surface area contributed by atoms with Crippen LogP contribution >= 0.6 is 0 Å². The number of nitrogens with zero attached hydrogens (tertiary/aromatic N) is 8. The third-order valence-electron chi connectivity index (χ3n) is 7.92. The van der Waals surface area contributed by atoms with E-state index in [2.05, 4.69) is 30.6 Å². The Bertz CT molecular complexity index is 1130. The Labute approximate surface area is 195 Å². The van der Waals surface area contributed by atoms with Crippen LogP contribution in [0.2, 0.25) is 0 Å². The van der Waals surface area contributed by atoms with Crippen LogP contribution in [0.4, 0.5) is 0 Å². The van der Waals surface area contributed by atoms with Crippen LogP contribution in [-0.4, -0.2) is 89.0 Å². The first kappa shape index (κ1) is 21.3. The first-order chi connectivity index (χ1) is 16.4. The third-order valence-corrected chi connectivity index (χ3v) is 7.92. The summed E-state index contributed by atoms with van der Waals surface area (Å²) in [6, 6.07) is 3.94. The average Bonchev–Trinajstić information content (AvgIpc) is 3.60. The van der Waals surface area contributed by atoms with Crippen molar-refractivity contribution in [3.05, 3.63) is 35.4 Å². The number of hydrogen-bond acceptors (Lipinski definition) is 10. The molecule has 3 fully saturated rings. The Morgan fingerprint density at radius 1 is 1.21 bits per heavy atom. The predicted octanol–water partition coefficient (Wildman–Crippen LogP) is 0.162. The van der Waals surface area contributed by atoms with Gasteiger partial charge in [-0.1, -0.05) is 0 Å². The Balaban J connectivity index is 1.14. The van der Waals surface area contributed by atoms with Crippen LogP contribution in [0.3, 0.4) is 0 Å². The molecule has 34 heavy (non-hydrogen) atoms. The molecule has 3 saturated heterocycles. The van der Waals surface area contributed by atoms with E-state index in [1.54, 1.807) is 24.0 Å². The zero-order valence-electron chi connectivity index (χ0n) is 18.9. The molecule has 178 valence electrons. The molecule has 2 aromatic heterocycles. The Kier molecular flexibility index (Phi) is 4.96. The number of fused-ring (bicyclic) bond motifs is 2. The topological polar surface area (TPSA) is 139 Å². The third kappa shape index (κ3) is 3.31. The largest absolute Gasteiger partial charge is 0.456 e. The van der Waals surface area contributed by atoms with E-state index in [1.807, 2.05) is 0 Å². The fourth-order valence-corrected chi connectivity index (χ4v) is 6.14. The second kappa shape index (κ2) is 7.91. The number of piperidine rings is 1. The number of aliphatic hydroxyl groups is 1. The lowest BCUT2D eigenvalue weighted by Gasteiger charge is -2.44. The highest BCUT2D eigenvalue weighted by atomic mass is 16.5. The number of hydrogen-bond donors (Lipinski definition) is 1. The van der Waals surface area contributed by atoms with Gasteiger partial charge in [0.2, 0.25) is 5.91 Å². The lowest BCUT2D eigenvalue weighted by Crippen LogP contribution is -2.51. The molecule has 1 spiro atoms. The fraction of sp³-hybridized carbons (Fsp3) is 0.591. The van der Waals surface area contributed by atoms with E-state index in [4.69, 9.17) is 4.74 Å². The summed E-state index contributed by atoms with van der Waals surface area (Å²) < 4.78 is 6.54. The molecule has 0 saturated carbocycles. The van der Waals surface area contributed by atoms with Gasteiger partial charge in [-0.05, 0) is 61.6 Å². The number of rotatable bonds is 5. The second-order valence-corrected chi connectivity index (χ2v) is 9.71. The van der Waals surface area contributed by atoms with Gasteiger partial charge in [0.15, 0.2) is 5.82 Å². The van der Waals surface area contributed by atoms with E-state index in [0.717, 1.165) is 37.8 Å². The van der Waals surface area contributed by atoms with Gasteiger partial charge in [0.25, 0.3) is 0 Å². The molecular formula is C22H26N8O4. The van der Waals surface area contributed by atoms with Crippen molar-refractivity contribution in [3.63, 3.8) is 0 Å². The van der Waals surface area contributed by atoms with Crippen molar-refractivity contribution in [1.29, 1.82) is 0 Å². The maximum Gasteiger partial charge on any atom is 0.336 e. The van der Waals surface area contributed by atoms with Gasteiger partial charge in [-0.15, -0.1) is 10.2 Å². The maximum absolute atomic E-state index is 13.5. The quantitative estimate of drug-likeness (QED) is 0.606. The number of carbonyl (C=O) groups is 2. The number of aromatic nitrogens is 6. The molecule has 2 unspecified atom stereocenters. The lowest BCUT2D eigenvalue weighted by molar-refractivity contribution is -0.140. The number of cyclic esters (lactones) is 1. The van der Waals surface area contributed by atoms with Crippen LogP contribution in [0.1, 0.15) is 50.8 Å². The van der Waals surface area contributed by atoms with E-state index < -0.39 is 6.10 Å². The number of amides is 1. The molecule has 4 aliphatic rings. The second-order valence-electron chi connectivity index (χ2n) is 9.71. The van der Waals surface area contributed by atoms with Crippen molar-refractivity contribution < 1.29 is 19.4 Å². The van der Waals surface area contributed by atoms with E-state index in [9.17, 15) is 14.7 Å². The number of likely N-dealkylation sites (tertiary alicyclic amines) is 1. The Hall–Kier alpha value is -3.25. The molecular weight excluding hydrogens is 440 g/mol. The van der Waals surface area contributed by atoms with Gasteiger partial charge < -0.3 is 14.7 Å². The molecule has 0 aromatic carbocycles. The number of esters is 1. The minimum Gasteiger partial charge on any atom is -0.456 e. The van der Waals surface area contributed by atoms with Gasteiger partial charge in [-0.2, -0.15) is 9.78 Å². The molecule has 1 amide bonds. The first-order valence-electron chi connectivity index (χ1n) is 11.6. The van der Waals surface area contributed by atoms with Gasteiger partial charge in [0.05, 0.1) is 22.4 Å². The van der Waals surface area contributed by atoms with Crippen LogP contribution in [-0.2, 0) is 14.3 Å². The minimum atomic E-state index is -0.780. The van der Waals surface area contributed by atoms with Crippen molar-refractivity contribution in [2.75, 3.05) is 19.7 Å². The smallest absolute Gasteiger partial charge is 0.336 e.